The van der Waals surface area contributed by atoms with Crippen molar-refractivity contribution in [2.45, 2.75) is 90.8 Å². The van der Waals surface area contributed by atoms with Crippen LogP contribution in [0.4, 0.5) is 0 Å². The van der Waals surface area contributed by atoms with E-state index in [4.69, 9.17) is 0 Å². The summed E-state index contributed by atoms with van der Waals surface area (Å²) < 4.78 is 2.65. The quantitative estimate of drug-likeness (QED) is 0.560. The molecule has 0 spiro atoms. The Morgan fingerprint density at radius 3 is 2.16 bits per heavy atom. The van der Waals surface area contributed by atoms with Crippen LogP contribution >= 0.6 is 0 Å². The van der Waals surface area contributed by atoms with Crippen molar-refractivity contribution >= 4 is 10.9 Å². The van der Waals surface area contributed by atoms with E-state index in [0.29, 0.717) is 11.5 Å². The summed E-state index contributed by atoms with van der Waals surface area (Å²) in [5.41, 5.74) is 3.49. The Balaban J connectivity index is 1.24. The number of piperidine rings is 1. The number of benzene rings is 1. The minimum Gasteiger partial charge on any atom is -0.344 e. The first-order chi connectivity index (χ1) is 15.0. The normalized spacial score (nSPS) is 27.3. The lowest BCUT2D eigenvalue weighted by molar-refractivity contribution is 0.0723. The Hall–Kier alpha value is -1.32. The second-order valence-electron chi connectivity index (χ2n) is 11.7. The SMILES string of the molecule is CC(C)(C)[C@H]1CC[C@@H](N2CCC(n3cc(CN4CCCC4)c4ccccc43)CC2)CC1. The zero-order valence-electron chi connectivity index (χ0n) is 20.2. The zero-order chi connectivity index (χ0) is 21.4. The number of aromatic nitrogens is 1. The number of nitrogens with zero attached hydrogens (tertiary/aromatic N) is 3. The van der Waals surface area contributed by atoms with Crippen LogP contribution in [0.5, 0.6) is 0 Å². The molecule has 1 aliphatic carbocycles. The van der Waals surface area contributed by atoms with Crippen LogP contribution in [-0.2, 0) is 6.54 Å². The van der Waals surface area contributed by atoms with Gasteiger partial charge in [-0.05, 0) is 87.4 Å². The molecule has 0 unspecified atom stereocenters. The van der Waals surface area contributed by atoms with Gasteiger partial charge in [0, 0.05) is 48.8 Å². The maximum atomic E-state index is 2.84. The van der Waals surface area contributed by atoms with E-state index in [1.165, 1.54) is 88.4 Å². The minimum atomic E-state index is 0.486. The maximum Gasteiger partial charge on any atom is 0.0486 e. The van der Waals surface area contributed by atoms with Gasteiger partial charge in [0.2, 0.25) is 0 Å². The third kappa shape index (κ3) is 4.59. The highest BCUT2D eigenvalue weighted by atomic mass is 15.2. The average molecular weight is 422 g/mol. The number of para-hydroxylation sites is 1. The summed E-state index contributed by atoms with van der Waals surface area (Å²) in [6.45, 7) is 13.5. The fourth-order valence-corrected chi connectivity index (χ4v) is 6.72. The van der Waals surface area contributed by atoms with Gasteiger partial charge in [0.15, 0.2) is 0 Å². The highest BCUT2D eigenvalue weighted by Crippen LogP contribution is 2.40. The number of hydrogen-bond donors (Lipinski definition) is 0. The predicted molar refractivity (Wildman–Crippen MR) is 131 cm³/mol. The molecule has 3 heteroatoms. The first-order valence-electron chi connectivity index (χ1n) is 13.0. The van der Waals surface area contributed by atoms with Gasteiger partial charge < -0.3 is 9.47 Å². The number of likely N-dealkylation sites (tertiary alicyclic amines) is 2. The molecule has 3 fully saturated rings. The topological polar surface area (TPSA) is 11.4 Å². The molecule has 0 amide bonds. The fraction of sp³-hybridized carbons (Fsp3) is 0.714. The summed E-state index contributed by atoms with van der Waals surface area (Å²) in [6, 6.07) is 10.6. The van der Waals surface area contributed by atoms with E-state index >= 15 is 0 Å². The van der Waals surface area contributed by atoms with Gasteiger partial charge in [0.1, 0.15) is 0 Å². The van der Waals surface area contributed by atoms with Crippen LogP contribution in [0.15, 0.2) is 30.5 Å². The number of fused-ring (bicyclic) bond motifs is 1. The van der Waals surface area contributed by atoms with Gasteiger partial charge in [0.25, 0.3) is 0 Å². The van der Waals surface area contributed by atoms with E-state index < -0.39 is 0 Å². The van der Waals surface area contributed by atoms with Crippen LogP contribution in [0.1, 0.15) is 83.7 Å². The molecule has 31 heavy (non-hydrogen) atoms. The fourth-order valence-electron chi connectivity index (χ4n) is 6.72. The Bertz CT molecular complexity index is 854. The highest BCUT2D eigenvalue weighted by Gasteiger charge is 2.33. The molecule has 170 valence electrons. The predicted octanol–water partition coefficient (Wildman–Crippen LogP) is 6.48. The molecule has 5 rings (SSSR count). The van der Waals surface area contributed by atoms with Gasteiger partial charge in [0.05, 0.1) is 0 Å². The maximum absolute atomic E-state index is 2.84. The van der Waals surface area contributed by atoms with Crippen LogP contribution < -0.4 is 0 Å². The molecule has 0 radical (unpaired) electrons. The highest BCUT2D eigenvalue weighted by molar-refractivity contribution is 5.84. The van der Waals surface area contributed by atoms with Gasteiger partial charge in [-0.2, -0.15) is 0 Å². The lowest BCUT2D eigenvalue weighted by atomic mass is 9.71. The molecule has 1 aromatic carbocycles. The molecule has 0 N–H and O–H groups in total. The molecule has 2 aromatic rings. The summed E-state index contributed by atoms with van der Waals surface area (Å²) in [5, 5.41) is 1.48. The largest absolute Gasteiger partial charge is 0.344 e. The van der Waals surface area contributed by atoms with Crippen LogP contribution in [0, 0.1) is 11.3 Å². The lowest BCUT2D eigenvalue weighted by Gasteiger charge is -2.43. The van der Waals surface area contributed by atoms with Crippen molar-refractivity contribution in [2.24, 2.45) is 11.3 Å². The van der Waals surface area contributed by atoms with Crippen molar-refractivity contribution in [3.05, 3.63) is 36.0 Å². The van der Waals surface area contributed by atoms with Crippen molar-refractivity contribution in [3.63, 3.8) is 0 Å². The van der Waals surface area contributed by atoms with Gasteiger partial charge >= 0.3 is 0 Å². The monoisotopic (exact) mass is 421 g/mol. The van der Waals surface area contributed by atoms with Crippen molar-refractivity contribution in [1.29, 1.82) is 0 Å². The molecule has 2 saturated heterocycles. The Labute approximate surface area is 189 Å². The molecule has 3 heterocycles. The second-order valence-corrected chi connectivity index (χ2v) is 11.7. The van der Waals surface area contributed by atoms with Crippen LogP contribution in [0.2, 0.25) is 0 Å². The van der Waals surface area contributed by atoms with Gasteiger partial charge in [-0.3, -0.25) is 4.90 Å². The summed E-state index contributed by atoms with van der Waals surface area (Å²) in [5.74, 6) is 0.918. The number of rotatable bonds is 4. The molecule has 0 bridgehead atoms. The number of hydrogen-bond acceptors (Lipinski definition) is 2. The lowest BCUT2D eigenvalue weighted by Crippen LogP contribution is -2.44. The van der Waals surface area contributed by atoms with Gasteiger partial charge in [-0.15, -0.1) is 0 Å². The smallest absolute Gasteiger partial charge is 0.0486 e. The Kier molecular flexibility index (Phi) is 6.18. The van der Waals surface area contributed by atoms with Gasteiger partial charge in [-0.1, -0.05) is 39.0 Å². The summed E-state index contributed by atoms with van der Waals surface area (Å²) >= 11 is 0. The molecule has 3 nitrogen and oxygen atoms in total. The molecule has 0 atom stereocenters. The van der Waals surface area contributed by atoms with E-state index in [1.807, 2.05) is 0 Å². The molecular weight excluding hydrogens is 378 g/mol. The first-order valence-corrected chi connectivity index (χ1v) is 13.0. The standard InChI is InChI=1S/C28H43N3/c1-28(2,3)23-10-12-24(13-11-23)30-18-14-25(15-19-30)31-21-22(20-29-16-6-7-17-29)26-8-4-5-9-27(26)31/h4-5,8-9,21,23-25H,6-7,10-20H2,1-3H3/t23-,24+. The van der Waals surface area contributed by atoms with Crippen molar-refractivity contribution in [1.82, 2.24) is 14.4 Å². The summed E-state index contributed by atoms with van der Waals surface area (Å²) in [7, 11) is 0. The van der Waals surface area contributed by atoms with E-state index in [-0.39, 0.29) is 0 Å². The summed E-state index contributed by atoms with van der Waals surface area (Å²) in [4.78, 5) is 5.48. The second kappa shape index (κ2) is 8.90. The zero-order valence-corrected chi connectivity index (χ0v) is 20.2. The van der Waals surface area contributed by atoms with Crippen molar-refractivity contribution < 1.29 is 0 Å². The van der Waals surface area contributed by atoms with Crippen LogP contribution in [0.3, 0.4) is 0 Å². The van der Waals surface area contributed by atoms with Crippen LogP contribution in [0.25, 0.3) is 10.9 Å². The molecular formula is C28H43N3. The van der Waals surface area contributed by atoms with Crippen LogP contribution in [-0.4, -0.2) is 46.6 Å². The van der Waals surface area contributed by atoms with Gasteiger partial charge in [-0.25, -0.2) is 0 Å². The minimum absolute atomic E-state index is 0.486. The molecule has 3 aliphatic rings. The first kappa shape index (κ1) is 21.5. The third-order valence-corrected chi connectivity index (χ3v) is 8.75. The molecule has 1 saturated carbocycles. The average Bonchev–Trinajstić information content (AvgIpc) is 3.42. The third-order valence-electron chi connectivity index (χ3n) is 8.75. The summed E-state index contributed by atoms with van der Waals surface area (Å²) in [6.07, 6.45) is 13.5. The van der Waals surface area contributed by atoms with E-state index in [2.05, 4.69) is 65.6 Å². The Morgan fingerprint density at radius 1 is 0.806 bits per heavy atom. The van der Waals surface area contributed by atoms with Crippen molar-refractivity contribution in [3.8, 4) is 0 Å². The Morgan fingerprint density at radius 2 is 1.48 bits per heavy atom. The van der Waals surface area contributed by atoms with E-state index in [9.17, 15) is 0 Å². The van der Waals surface area contributed by atoms with Crippen molar-refractivity contribution in [2.75, 3.05) is 26.2 Å². The molecule has 1 aromatic heterocycles. The molecule has 2 aliphatic heterocycles. The van der Waals surface area contributed by atoms with E-state index in [1.54, 1.807) is 5.56 Å². The van der Waals surface area contributed by atoms with E-state index in [0.717, 1.165) is 18.5 Å².